The first-order chi connectivity index (χ1) is 14.1. The van der Waals surface area contributed by atoms with Crippen molar-refractivity contribution in [3.8, 4) is 0 Å². The summed E-state index contributed by atoms with van der Waals surface area (Å²) in [6, 6.07) is 3.31. The highest BCUT2D eigenvalue weighted by atomic mass is 32.2. The summed E-state index contributed by atoms with van der Waals surface area (Å²) < 4.78 is 26.2. The Morgan fingerprint density at radius 1 is 1.07 bits per heavy atom. The fourth-order valence-electron chi connectivity index (χ4n) is 6.40. The van der Waals surface area contributed by atoms with Crippen LogP contribution in [-0.4, -0.2) is 45.8 Å². The van der Waals surface area contributed by atoms with E-state index in [1.54, 1.807) is 12.1 Å². The van der Waals surface area contributed by atoms with E-state index in [9.17, 15) is 13.2 Å². The van der Waals surface area contributed by atoms with Crippen LogP contribution in [0.4, 0.5) is 5.69 Å². The van der Waals surface area contributed by atoms with E-state index in [1.807, 2.05) is 13.8 Å². The molecule has 6 nitrogen and oxygen atoms in total. The van der Waals surface area contributed by atoms with Crippen molar-refractivity contribution in [2.24, 2.45) is 23.2 Å². The van der Waals surface area contributed by atoms with E-state index in [1.165, 1.54) is 56.9 Å². The van der Waals surface area contributed by atoms with E-state index in [4.69, 9.17) is 0 Å². The summed E-state index contributed by atoms with van der Waals surface area (Å²) in [6.45, 7) is 4.77. The van der Waals surface area contributed by atoms with Crippen LogP contribution in [-0.2, 0) is 14.8 Å². The number of hydrogen-bond acceptors (Lipinski definition) is 4. The molecule has 1 amide bonds. The number of anilines is 1. The highest BCUT2D eigenvalue weighted by Crippen LogP contribution is 2.59. The summed E-state index contributed by atoms with van der Waals surface area (Å²) in [7, 11) is -0.474. The van der Waals surface area contributed by atoms with E-state index in [0.29, 0.717) is 11.1 Å². The molecule has 4 aliphatic rings. The predicted octanol–water partition coefficient (Wildman–Crippen LogP) is 3.30. The van der Waals surface area contributed by atoms with Gasteiger partial charge in [0.25, 0.3) is 0 Å². The molecular weight excluding hydrogens is 398 g/mol. The maximum Gasteiger partial charge on any atom is 0.242 e. The topological polar surface area (TPSA) is 78.5 Å². The van der Waals surface area contributed by atoms with E-state index in [-0.39, 0.29) is 17.3 Å². The molecule has 4 bridgehead atoms. The first kappa shape index (κ1) is 21.6. The van der Waals surface area contributed by atoms with Crippen LogP contribution in [0.3, 0.4) is 0 Å². The number of rotatable bonds is 7. The summed E-state index contributed by atoms with van der Waals surface area (Å²) in [5.41, 5.74) is 2.85. The van der Waals surface area contributed by atoms with Crippen LogP contribution in [0.1, 0.15) is 49.7 Å². The molecule has 4 saturated carbocycles. The molecule has 7 heteroatoms. The van der Waals surface area contributed by atoms with Crippen LogP contribution < -0.4 is 10.6 Å². The van der Waals surface area contributed by atoms with Crippen molar-refractivity contribution >= 4 is 21.6 Å². The Hall–Kier alpha value is -1.60. The quantitative estimate of drug-likeness (QED) is 0.692. The molecule has 1 aromatic rings. The summed E-state index contributed by atoms with van der Waals surface area (Å²) in [6.07, 6.45) is 8.03. The molecule has 0 aromatic heterocycles. The van der Waals surface area contributed by atoms with Gasteiger partial charge in [0.05, 0.1) is 11.4 Å². The molecule has 5 rings (SSSR count). The van der Waals surface area contributed by atoms with Crippen LogP contribution in [0.5, 0.6) is 0 Å². The molecule has 1 aromatic carbocycles. The van der Waals surface area contributed by atoms with Crippen molar-refractivity contribution in [2.75, 3.05) is 32.5 Å². The van der Waals surface area contributed by atoms with Crippen LogP contribution >= 0.6 is 0 Å². The zero-order valence-corrected chi connectivity index (χ0v) is 19.4. The Morgan fingerprint density at radius 2 is 1.63 bits per heavy atom. The first-order valence-corrected chi connectivity index (χ1v) is 12.6. The summed E-state index contributed by atoms with van der Waals surface area (Å²) in [4.78, 5) is 12.8. The van der Waals surface area contributed by atoms with Gasteiger partial charge in [0.2, 0.25) is 15.9 Å². The van der Waals surface area contributed by atoms with Gasteiger partial charge >= 0.3 is 0 Å². The minimum Gasteiger partial charge on any atom is -0.376 e. The van der Waals surface area contributed by atoms with Gasteiger partial charge in [-0.3, -0.25) is 4.79 Å². The molecular formula is C23H35N3O3S. The van der Waals surface area contributed by atoms with Crippen LogP contribution in [0, 0.1) is 37.0 Å². The molecule has 166 valence electrons. The molecule has 2 N–H and O–H groups in total. The van der Waals surface area contributed by atoms with E-state index in [0.717, 1.165) is 35.4 Å². The Morgan fingerprint density at radius 3 is 2.17 bits per heavy atom. The minimum absolute atomic E-state index is 0.0244. The third kappa shape index (κ3) is 4.11. The molecule has 0 heterocycles. The number of sulfonamides is 1. The van der Waals surface area contributed by atoms with Gasteiger partial charge in [0, 0.05) is 26.3 Å². The number of carbonyl (C=O) groups excluding carboxylic acids is 1. The lowest BCUT2D eigenvalue weighted by Gasteiger charge is -2.56. The molecule has 30 heavy (non-hydrogen) atoms. The van der Waals surface area contributed by atoms with Crippen LogP contribution in [0.25, 0.3) is 0 Å². The zero-order chi connectivity index (χ0) is 21.7. The number of carbonyl (C=O) groups is 1. The molecule has 0 saturated heterocycles. The second kappa shape index (κ2) is 7.83. The summed E-state index contributed by atoms with van der Waals surface area (Å²) in [5, 5.41) is 6.35. The molecule has 0 unspecified atom stereocenters. The summed E-state index contributed by atoms with van der Waals surface area (Å²) >= 11 is 0. The van der Waals surface area contributed by atoms with Gasteiger partial charge in [0.1, 0.15) is 0 Å². The molecule has 0 spiro atoms. The second-order valence-electron chi connectivity index (χ2n) is 10.2. The van der Waals surface area contributed by atoms with Gasteiger partial charge < -0.3 is 10.6 Å². The van der Waals surface area contributed by atoms with E-state index in [2.05, 4.69) is 10.6 Å². The lowest BCUT2D eigenvalue weighted by Crippen LogP contribution is -2.51. The second-order valence-corrected chi connectivity index (χ2v) is 12.4. The predicted molar refractivity (Wildman–Crippen MR) is 119 cm³/mol. The number of hydrogen-bond donors (Lipinski definition) is 2. The lowest BCUT2D eigenvalue weighted by atomic mass is 9.49. The maximum atomic E-state index is 12.6. The van der Waals surface area contributed by atoms with Crippen molar-refractivity contribution in [3.63, 3.8) is 0 Å². The third-order valence-electron chi connectivity index (χ3n) is 7.68. The monoisotopic (exact) mass is 433 g/mol. The van der Waals surface area contributed by atoms with Crippen molar-refractivity contribution < 1.29 is 13.2 Å². The Balaban J connectivity index is 1.38. The fraction of sp³-hybridized carbons (Fsp3) is 0.696. The average Bonchev–Trinajstić information content (AvgIpc) is 2.66. The smallest absolute Gasteiger partial charge is 0.242 e. The number of nitrogens with one attached hydrogen (secondary N) is 2. The number of benzene rings is 1. The Kier molecular flexibility index (Phi) is 5.64. The zero-order valence-electron chi connectivity index (χ0n) is 18.6. The van der Waals surface area contributed by atoms with Gasteiger partial charge in [-0.15, -0.1) is 0 Å². The van der Waals surface area contributed by atoms with E-state index < -0.39 is 10.0 Å². The molecule has 4 fully saturated rings. The SMILES string of the molecule is Cc1cc(S(=O)(=O)N(C)C)cc(NCC(=O)NCC23CC4CC(CC(C4)C2)C3)c1C. The fourth-order valence-corrected chi connectivity index (χ4v) is 7.41. The third-order valence-corrected chi connectivity index (χ3v) is 9.48. The van der Waals surface area contributed by atoms with E-state index >= 15 is 0 Å². The van der Waals surface area contributed by atoms with Gasteiger partial charge in [-0.2, -0.15) is 0 Å². The standard InChI is InChI=1S/C23H35N3O3S/c1-15-5-20(30(28,29)26(3)4)9-21(16(15)2)24-13-22(27)25-14-23-10-17-6-18(11-23)8-19(7-17)12-23/h5,9,17-19,24H,6-8,10-14H2,1-4H3,(H,25,27). The number of nitrogens with zero attached hydrogens (tertiary/aromatic N) is 1. The maximum absolute atomic E-state index is 12.6. The van der Waals surface area contributed by atoms with Gasteiger partial charge in [0.15, 0.2) is 0 Å². The molecule has 0 radical (unpaired) electrons. The Bertz CT molecular complexity index is 904. The highest BCUT2D eigenvalue weighted by molar-refractivity contribution is 7.89. The summed E-state index contributed by atoms with van der Waals surface area (Å²) in [5.74, 6) is 2.60. The van der Waals surface area contributed by atoms with Crippen molar-refractivity contribution in [1.29, 1.82) is 0 Å². The number of aryl methyl sites for hydroxylation is 1. The lowest BCUT2D eigenvalue weighted by molar-refractivity contribution is -0.121. The largest absolute Gasteiger partial charge is 0.376 e. The Labute approximate surface area is 180 Å². The van der Waals surface area contributed by atoms with Crippen molar-refractivity contribution in [3.05, 3.63) is 23.3 Å². The average molecular weight is 434 g/mol. The minimum atomic E-state index is -3.52. The first-order valence-electron chi connectivity index (χ1n) is 11.1. The number of amides is 1. The van der Waals surface area contributed by atoms with Crippen molar-refractivity contribution in [2.45, 2.75) is 57.3 Å². The molecule has 4 aliphatic carbocycles. The van der Waals surface area contributed by atoms with Gasteiger partial charge in [-0.25, -0.2) is 12.7 Å². The van der Waals surface area contributed by atoms with Crippen molar-refractivity contribution in [1.82, 2.24) is 9.62 Å². The van der Waals surface area contributed by atoms with Gasteiger partial charge in [-0.1, -0.05) is 0 Å². The van der Waals surface area contributed by atoms with Crippen LogP contribution in [0.15, 0.2) is 17.0 Å². The highest BCUT2D eigenvalue weighted by Gasteiger charge is 2.50. The normalized spacial score (nSPS) is 30.0. The molecule has 0 atom stereocenters. The molecule has 0 aliphatic heterocycles. The van der Waals surface area contributed by atoms with Crippen LogP contribution in [0.2, 0.25) is 0 Å². The van der Waals surface area contributed by atoms with Gasteiger partial charge in [-0.05, 0) is 98.8 Å².